The van der Waals surface area contributed by atoms with Gasteiger partial charge in [0.2, 0.25) is 11.4 Å². The lowest BCUT2D eigenvalue weighted by atomic mass is 10.2. The lowest BCUT2D eigenvalue weighted by molar-refractivity contribution is 0.432. The lowest BCUT2D eigenvalue weighted by Gasteiger charge is -1.97. The molecular formula is C12H9N3O2S. The second-order valence-corrected chi connectivity index (χ2v) is 4.58. The van der Waals surface area contributed by atoms with Crippen LogP contribution >= 0.6 is 11.3 Å². The highest BCUT2D eigenvalue weighted by atomic mass is 32.1. The normalized spacial score (nSPS) is 10.7. The van der Waals surface area contributed by atoms with Gasteiger partial charge in [0.15, 0.2) is 0 Å². The molecule has 0 N–H and O–H groups in total. The maximum atomic E-state index is 11.3. The smallest absolute Gasteiger partial charge is 0.259 e. The van der Waals surface area contributed by atoms with Crippen molar-refractivity contribution in [1.29, 1.82) is 0 Å². The molecule has 0 fully saturated rings. The van der Waals surface area contributed by atoms with Gasteiger partial charge in [-0.25, -0.2) is 0 Å². The van der Waals surface area contributed by atoms with Gasteiger partial charge in [-0.1, -0.05) is 5.16 Å². The van der Waals surface area contributed by atoms with Gasteiger partial charge in [-0.2, -0.15) is 16.3 Å². The average molecular weight is 259 g/mol. The quantitative estimate of drug-likeness (QED) is 0.707. The fourth-order valence-corrected chi connectivity index (χ4v) is 2.20. The van der Waals surface area contributed by atoms with Crippen molar-refractivity contribution in [3.8, 4) is 22.8 Å². The first kappa shape index (κ1) is 10.9. The highest BCUT2D eigenvalue weighted by Gasteiger charge is 2.11. The molecule has 0 aliphatic heterocycles. The molecule has 0 bridgehead atoms. The van der Waals surface area contributed by atoms with Crippen molar-refractivity contribution in [2.24, 2.45) is 7.05 Å². The molecular weight excluding hydrogens is 250 g/mol. The molecule has 3 aromatic rings. The monoisotopic (exact) mass is 259 g/mol. The van der Waals surface area contributed by atoms with Crippen LogP contribution in [0.5, 0.6) is 0 Å². The maximum Gasteiger partial charge on any atom is 0.259 e. The second-order valence-electron chi connectivity index (χ2n) is 3.80. The number of aryl methyl sites for hydroxylation is 1. The van der Waals surface area contributed by atoms with Crippen molar-refractivity contribution in [1.82, 2.24) is 14.7 Å². The molecule has 0 aliphatic carbocycles. The van der Waals surface area contributed by atoms with Crippen molar-refractivity contribution in [2.45, 2.75) is 0 Å². The fourth-order valence-electron chi connectivity index (χ4n) is 1.57. The van der Waals surface area contributed by atoms with Crippen molar-refractivity contribution in [3.05, 3.63) is 45.5 Å². The van der Waals surface area contributed by atoms with Crippen LogP contribution in [0.4, 0.5) is 0 Å². The van der Waals surface area contributed by atoms with Gasteiger partial charge >= 0.3 is 0 Å². The molecule has 3 aromatic heterocycles. The standard InChI is InChI=1S/C12H9N3O2S/c1-15-6-8(2-3-10(15)16)11-13-12(17-14-11)9-4-5-18-7-9/h2-7H,1H3. The summed E-state index contributed by atoms with van der Waals surface area (Å²) in [4.78, 5) is 15.6. The molecule has 18 heavy (non-hydrogen) atoms. The summed E-state index contributed by atoms with van der Waals surface area (Å²) in [6.45, 7) is 0. The minimum atomic E-state index is -0.0692. The van der Waals surface area contributed by atoms with Crippen LogP contribution < -0.4 is 5.56 Å². The van der Waals surface area contributed by atoms with E-state index in [1.165, 1.54) is 10.6 Å². The summed E-state index contributed by atoms with van der Waals surface area (Å²) in [7, 11) is 1.69. The molecule has 0 saturated carbocycles. The molecule has 3 rings (SSSR count). The second kappa shape index (κ2) is 4.23. The summed E-state index contributed by atoms with van der Waals surface area (Å²) in [5.74, 6) is 0.965. The van der Waals surface area contributed by atoms with Crippen LogP contribution in [0.15, 0.2) is 44.5 Å². The minimum Gasteiger partial charge on any atom is -0.334 e. The number of pyridine rings is 1. The molecule has 6 heteroatoms. The molecule has 3 heterocycles. The Kier molecular flexibility index (Phi) is 2.56. The zero-order valence-electron chi connectivity index (χ0n) is 9.53. The molecule has 5 nitrogen and oxygen atoms in total. The molecule has 0 radical (unpaired) electrons. The Bertz CT molecular complexity index is 728. The lowest BCUT2D eigenvalue weighted by Crippen LogP contribution is -2.14. The zero-order chi connectivity index (χ0) is 12.5. The Labute approximate surface area is 106 Å². The van der Waals surface area contributed by atoms with E-state index in [9.17, 15) is 4.79 Å². The number of aromatic nitrogens is 3. The molecule has 0 spiro atoms. The molecule has 0 saturated heterocycles. The first-order valence-electron chi connectivity index (χ1n) is 5.27. The van der Waals surface area contributed by atoms with E-state index in [0.717, 1.165) is 11.1 Å². The predicted octanol–water partition coefficient (Wildman–Crippen LogP) is 2.16. The van der Waals surface area contributed by atoms with E-state index in [2.05, 4.69) is 10.1 Å². The van der Waals surface area contributed by atoms with Gasteiger partial charge in [0.25, 0.3) is 5.89 Å². The van der Waals surface area contributed by atoms with E-state index < -0.39 is 0 Å². The molecule has 0 aliphatic rings. The van der Waals surface area contributed by atoms with E-state index >= 15 is 0 Å². The van der Waals surface area contributed by atoms with Crippen LogP contribution in [-0.2, 0) is 7.05 Å². The average Bonchev–Trinajstić information content (AvgIpc) is 3.01. The molecule has 0 amide bonds. The van der Waals surface area contributed by atoms with E-state index in [0.29, 0.717) is 11.7 Å². The number of hydrogen-bond acceptors (Lipinski definition) is 5. The van der Waals surface area contributed by atoms with E-state index in [4.69, 9.17) is 4.52 Å². The van der Waals surface area contributed by atoms with Crippen molar-refractivity contribution < 1.29 is 4.52 Å². The van der Waals surface area contributed by atoms with Gasteiger partial charge in [-0.3, -0.25) is 4.79 Å². The van der Waals surface area contributed by atoms with Gasteiger partial charge in [-0.15, -0.1) is 0 Å². The summed E-state index contributed by atoms with van der Waals surface area (Å²) >= 11 is 1.57. The zero-order valence-corrected chi connectivity index (χ0v) is 10.3. The van der Waals surface area contributed by atoms with E-state index in [1.54, 1.807) is 30.6 Å². The number of rotatable bonds is 2. The number of thiophene rings is 1. The maximum absolute atomic E-state index is 11.3. The van der Waals surface area contributed by atoms with Crippen LogP contribution in [0.2, 0.25) is 0 Å². The largest absolute Gasteiger partial charge is 0.334 e. The molecule has 0 atom stereocenters. The fraction of sp³-hybridized carbons (Fsp3) is 0.0833. The van der Waals surface area contributed by atoms with Crippen LogP contribution in [0.1, 0.15) is 0 Å². The van der Waals surface area contributed by atoms with Gasteiger partial charge in [0.05, 0.1) is 5.56 Å². The Morgan fingerprint density at radius 3 is 2.89 bits per heavy atom. The van der Waals surface area contributed by atoms with Gasteiger partial charge in [0, 0.05) is 30.3 Å². The SMILES string of the molecule is Cn1cc(-c2noc(-c3ccsc3)n2)ccc1=O. The van der Waals surface area contributed by atoms with E-state index in [1.807, 2.05) is 16.8 Å². The molecule has 90 valence electrons. The van der Waals surface area contributed by atoms with Gasteiger partial charge in [0.1, 0.15) is 0 Å². The third-order valence-corrected chi connectivity index (χ3v) is 3.22. The summed E-state index contributed by atoms with van der Waals surface area (Å²) in [6.07, 6.45) is 1.69. The van der Waals surface area contributed by atoms with Crippen LogP contribution in [-0.4, -0.2) is 14.7 Å². The number of hydrogen-bond donors (Lipinski definition) is 0. The molecule has 0 aromatic carbocycles. The van der Waals surface area contributed by atoms with Gasteiger partial charge < -0.3 is 9.09 Å². The van der Waals surface area contributed by atoms with Crippen molar-refractivity contribution >= 4 is 11.3 Å². The topological polar surface area (TPSA) is 60.9 Å². The van der Waals surface area contributed by atoms with Crippen LogP contribution in [0, 0.1) is 0 Å². The summed E-state index contributed by atoms with van der Waals surface area (Å²) in [5, 5.41) is 7.81. The Morgan fingerprint density at radius 1 is 1.28 bits per heavy atom. The van der Waals surface area contributed by atoms with Crippen LogP contribution in [0.3, 0.4) is 0 Å². The Balaban J connectivity index is 2.03. The van der Waals surface area contributed by atoms with Gasteiger partial charge in [-0.05, 0) is 17.5 Å². The highest BCUT2D eigenvalue weighted by Crippen LogP contribution is 2.23. The summed E-state index contributed by atoms with van der Waals surface area (Å²) < 4.78 is 6.67. The highest BCUT2D eigenvalue weighted by molar-refractivity contribution is 7.08. The van der Waals surface area contributed by atoms with Crippen molar-refractivity contribution in [3.63, 3.8) is 0 Å². The predicted molar refractivity (Wildman–Crippen MR) is 68.3 cm³/mol. The first-order valence-corrected chi connectivity index (χ1v) is 6.21. The first-order chi connectivity index (χ1) is 8.74. The third kappa shape index (κ3) is 1.86. The summed E-state index contributed by atoms with van der Waals surface area (Å²) in [6, 6.07) is 5.09. The number of nitrogens with zero attached hydrogens (tertiary/aromatic N) is 3. The van der Waals surface area contributed by atoms with Crippen molar-refractivity contribution in [2.75, 3.05) is 0 Å². The summed E-state index contributed by atoms with van der Waals surface area (Å²) in [5.41, 5.74) is 1.59. The molecule has 0 unspecified atom stereocenters. The Hall–Kier alpha value is -2.21. The van der Waals surface area contributed by atoms with Crippen LogP contribution in [0.25, 0.3) is 22.8 Å². The third-order valence-electron chi connectivity index (χ3n) is 2.54. The minimum absolute atomic E-state index is 0.0692. The Morgan fingerprint density at radius 2 is 2.17 bits per heavy atom. The van der Waals surface area contributed by atoms with E-state index in [-0.39, 0.29) is 5.56 Å².